The summed E-state index contributed by atoms with van der Waals surface area (Å²) in [6.45, 7) is 5.23. The Morgan fingerprint density at radius 2 is 1.59 bits per heavy atom. The third kappa shape index (κ3) is 8.72. The maximum Gasteiger partial charge on any atom is 0.244 e. The van der Waals surface area contributed by atoms with E-state index in [1.807, 2.05) is 75.4 Å². The third-order valence-electron chi connectivity index (χ3n) is 6.47. The Bertz CT molecular complexity index is 1440. The number of benzene rings is 3. The topological polar surface area (TPSA) is 105 Å². The highest BCUT2D eigenvalue weighted by Gasteiger charge is 2.34. The number of sulfonamides is 1. The Morgan fingerprint density at radius 1 is 0.902 bits per heavy atom. The minimum Gasteiger partial charge on any atom is -0.497 e. The molecule has 0 fully saturated rings. The fraction of sp³-hybridized carbons (Fsp3) is 0.355. The zero-order valence-electron chi connectivity index (χ0n) is 24.5. The summed E-state index contributed by atoms with van der Waals surface area (Å²) < 4.78 is 37.8. The van der Waals surface area contributed by atoms with Crippen LogP contribution in [0.15, 0.2) is 72.8 Å². The molecule has 1 atom stereocenters. The Balaban J connectivity index is 2.09. The van der Waals surface area contributed by atoms with Crippen LogP contribution in [-0.4, -0.2) is 64.2 Å². The Hall–Kier alpha value is -4.05. The average Bonchev–Trinajstić information content (AvgIpc) is 2.92. The van der Waals surface area contributed by atoms with Crippen molar-refractivity contribution in [2.75, 3.05) is 31.3 Å². The molecule has 3 rings (SSSR count). The van der Waals surface area contributed by atoms with E-state index in [4.69, 9.17) is 9.47 Å². The van der Waals surface area contributed by atoms with Crippen LogP contribution in [-0.2, 0) is 32.6 Å². The second-order valence-electron chi connectivity index (χ2n) is 10.2. The van der Waals surface area contributed by atoms with Gasteiger partial charge in [-0.2, -0.15) is 0 Å². The number of carbonyl (C=O) groups is 2. The molecule has 3 aromatic rings. The maximum absolute atomic E-state index is 14.2. The Labute approximate surface area is 243 Å². The van der Waals surface area contributed by atoms with Gasteiger partial charge in [0.05, 0.1) is 26.2 Å². The Kier molecular flexibility index (Phi) is 10.8. The van der Waals surface area contributed by atoms with E-state index in [1.54, 1.807) is 12.1 Å². The second-order valence-corrected chi connectivity index (χ2v) is 12.1. The molecule has 3 aromatic carbocycles. The molecular formula is C31H39N3O6S. The molecule has 0 unspecified atom stereocenters. The van der Waals surface area contributed by atoms with Gasteiger partial charge < -0.3 is 19.7 Å². The van der Waals surface area contributed by atoms with Crippen LogP contribution in [0.5, 0.6) is 11.5 Å². The van der Waals surface area contributed by atoms with E-state index < -0.39 is 28.5 Å². The summed E-state index contributed by atoms with van der Waals surface area (Å²) in [4.78, 5) is 29.3. The van der Waals surface area contributed by atoms with Crippen LogP contribution >= 0.6 is 0 Å². The van der Waals surface area contributed by atoms with Gasteiger partial charge in [0.25, 0.3) is 0 Å². The largest absolute Gasteiger partial charge is 0.497 e. The van der Waals surface area contributed by atoms with Crippen molar-refractivity contribution in [2.24, 2.45) is 0 Å². The molecular weight excluding hydrogens is 542 g/mol. The number of hydrogen-bond donors (Lipinski definition) is 1. The fourth-order valence-corrected chi connectivity index (χ4v) is 5.38. The first-order valence-corrected chi connectivity index (χ1v) is 15.2. The molecule has 0 spiro atoms. The van der Waals surface area contributed by atoms with Crippen LogP contribution in [0.3, 0.4) is 0 Å². The SMILES string of the molecule is COc1ccc(N(CC(=O)N(Cc2cccc(C)c2)[C@@H](Cc2ccccc2)C(=O)NC(C)C)S(C)(=O)=O)c(OC)c1. The highest BCUT2D eigenvalue weighted by molar-refractivity contribution is 7.92. The number of methoxy groups -OCH3 is 2. The molecule has 2 amide bonds. The molecule has 10 heteroatoms. The van der Waals surface area contributed by atoms with E-state index in [-0.39, 0.29) is 36.4 Å². The van der Waals surface area contributed by atoms with Crippen LogP contribution in [0.1, 0.15) is 30.5 Å². The monoisotopic (exact) mass is 581 g/mol. The summed E-state index contributed by atoms with van der Waals surface area (Å²) in [5.74, 6) is -0.154. The number of carbonyl (C=O) groups excluding carboxylic acids is 2. The van der Waals surface area contributed by atoms with Crippen molar-refractivity contribution < 1.29 is 27.5 Å². The second kappa shape index (κ2) is 14.0. The highest BCUT2D eigenvalue weighted by Crippen LogP contribution is 2.33. The van der Waals surface area contributed by atoms with Gasteiger partial charge in [0.1, 0.15) is 24.1 Å². The lowest BCUT2D eigenvalue weighted by molar-refractivity contribution is -0.140. The zero-order chi connectivity index (χ0) is 30.2. The van der Waals surface area contributed by atoms with E-state index in [0.717, 1.165) is 27.3 Å². The molecule has 0 aromatic heterocycles. The summed E-state index contributed by atoms with van der Waals surface area (Å²) >= 11 is 0. The van der Waals surface area contributed by atoms with E-state index in [1.165, 1.54) is 25.2 Å². The molecule has 41 heavy (non-hydrogen) atoms. The lowest BCUT2D eigenvalue weighted by atomic mass is 10.0. The van der Waals surface area contributed by atoms with E-state index >= 15 is 0 Å². The van der Waals surface area contributed by atoms with Crippen molar-refractivity contribution in [3.05, 3.63) is 89.5 Å². The average molecular weight is 582 g/mol. The van der Waals surface area contributed by atoms with Crippen LogP contribution in [0.25, 0.3) is 0 Å². The quantitative estimate of drug-likeness (QED) is 0.328. The van der Waals surface area contributed by atoms with Gasteiger partial charge in [0, 0.05) is 25.1 Å². The molecule has 0 radical (unpaired) electrons. The first-order chi connectivity index (χ1) is 19.4. The van der Waals surface area contributed by atoms with Gasteiger partial charge in [-0.1, -0.05) is 60.2 Å². The maximum atomic E-state index is 14.2. The van der Waals surface area contributed by atoms with Crippen molar-refractivity contribution in [3.8, 4) is 11.5 Å². The molecule has 1 N–H and O–H groups in total. The van der Waals surface area contributed by atoms with Crippen molar-refractivity contribution in [1.29, 1.82) is 0 Å². The molecule has 0 heterocycles. The molecule has 0 aliphatic heterocycles. The summed E-state index contributed by atoms with van der Waals surface area (Å²) in [5.41, 5.74) is 2.88. The first-order valence-electron chi connectivity index (χ1n) is 13.3. The number of amides is 2. The number of nitrogens with one attached hydrogen (secondary N) is 1. The van der Waals surface area contributed by atoms with Gasteiger partial charge in [0.2, 0.25) is 21.8 Å². The summed E-state index contributed by atoms with van der Waals surface area (Å²) in [6.07, 6.45) is 1.28. The van der Waals surface area contributed by atoms with Gasteiger partial charge in [-0.15, -0.1) is 0 Å². The number of hydrogen-bond acceptors (Lipinski definition) is 6. The van der Waals surface area contributed by atoms with E-state index in [9.17, 15) is 18.0 Å². The number of aryl methyl sites for hydroxylation is 1. The molecule has 0 saturated heterocycles. The lowest BCUT2D eigenvalue weighted by Crippen LogP contribution is -2.54. The van der Waals surface area contributed by atoms with E-state index in [0.29, 0.717) is 5.75 Å². The van der Waals surface area contributed by atoms with E-state index in [2.05, 4.69) is 5.32 Å². The van der Waals surface area contributed by atoms with Crippen LogP contribution in [0.2, 0.25) is 0 Å². The number of anilines is 1. The molecule has 0 aliphatic carbocycles. The standard InChI is InChI=1S/C31H39N3O6S/c1-22(2)32-31(36)28(18-24-12-8-7-9-13-24)33(20-25-14-10-11-23(3)17-25)30(35)21-34(41(6,37)38)27-16-15-26(39-4)19-29(27)40-5/h7-17,19,22,28H,18,20-21H2,1-6H3,(H,32,36)/t28-/m0/s1. The number of ether oxygens (including phenoxy) is 2. The predicted molar refractivity (Wildman–Crippen MR) is 161 cm³/mol. The normalized spacial score (nSPS) is 12.0. The number of rotatable bonds is 13. The van der Waals surface area contributed by atoms with Gasteiger partial charge >= 0.3 is 0 Å². The summed E-state index contributed by atoms with van der Waals surface area (Å²) in [5, 5.41) is 2.94. The van der Waals surface area contributed by atoms with Crippen molar-refractivity contribution in [2.45, 2.75) is 45.8 Å². The number of nitrogens with zero attached hydrogens (tertiary/aromatic N) is 2. The van der Waals surface area contributed by atoms with Gasteiger partial charge in [-0.05, 0) is 44.0 Å². The Morgan fingerprint density at radius 3 is 2.17 bits per heavy atom. The molecule has 0 saturated carbocycles. The lowest BCUT2D eigenvalue weighted by Gasteiger charge is -2.34. The van der Waals surface area contributed by atoms with Crippen LogP contribution in [0, 0.1) is 6.92 Å². The van der Waals surface area contributed by atoms with Crippen molar-refractivity contribution >= 4 is 27.5 Å². The highest BCUT2D eigenvalue weighted by atomic mass is 32.2. The molecule has 220 valence electrons. The van der Waals surface area contributed by atoms with Crippen molar-refractivity contribution in [1.82, 2.24) is 10.2 Å². The minimum atomic E-state index is -3.94. The van der Waals surface area contributed by atoms with Gasteiger partial charge in [0.15, 0.2) is 0 Å². The fourth-order valence-electron chi connectivity index (χ4n) is 4.53. The van der Waals surface area contributed by atoms with Crippen molar-refractivity contribution in [3.63, 3.8) is 0 Å². The molecule has 0 bridgehead atoms. The van der Waals surface area contributed by atoms with Crippen LogP contribution in [0.4, 0.5) is 5.69 Å². The third-order valence-corrected chi connectivity index (χ3v) is 7.60. The minimum absolute atomic E-state index is 0.112. The van der Waals surface area contributed by atoms with Gasteiger partial charge in [-0.3, -0.25) is 13.9 Å². The van der Waals surface area contributed by atoms with Gasteiger partial charge in [-0.25, -0.2) is 8.42 Å². The summed E-state index contributed by atoms with van der Waals surface area (Å²) in [6, 6.07) is 20.7. The smallest absolute Gasteiger partial charge is 0.244 e. The zero-order valence-corrected chi connectivity index (χ0v) is 25.3. The molecule has 0 aliphatic rings. The predicted octanol–water partition coefficient (Wildman–Crippen LogP) is 3.94. The molecule has 9 nitrogen and oxygen atoms in total. The summed E-state index contributed by atoms with van der Waals surface area (Å²) in [7, 11) is -1.03. The van der Waals surface area contributed by atoms with Crippen LogP contribution < -0.4 is 19.1 Å². The first kappa shape index (κ1) is 31.5.